The first-order valence-electron chi connectivity index (χ1n) is 8.99. The average Bonchev–Trinajstić information content (AvgIpc) is 2.53. The summed E-state index contributed by atoms with van der Waals surface area (Å²) in [5.74, 6) is 0. The fourth-order valence-corrected chi connectivity index (χ4v) is 3.25. The first-order valence-corrected chi connectivity index (χ1v) is 16.3. The fourth-order valence-electron chi connectivity index (χ4n) is 1.56. The smallest absolute Gasteiger partial charge is 0.264 e. The molecule has 0 rings (SSSR count). The Labute approximate surface area is 186 Å². The van der Waals surface area contributed by atoms with Crippen LogP contribution in [0.25, 0.3) is 0 Å². The molecular formula is C14H33NO12S4. The molecule has 0 aromatic rings. The number of hydrogen-bond donors (Lipinski definition) is 1. The van der Waals surface area contributed by atoms with Gasteiger partial charge in [0.1, 0.15) is 0 Å². The van der Waals surface area contributed by atoms with Gasteiger partial charge in [0.05, 0.1) is 51.5 Å². The molecule has 0 fully saturated rings. The molecule has 0 saturated carbocycles. The third kappa shape index (κ3) is 37.3. The maximum absolute atomic E-state index is 10.6. The largest absolute Gasteiger partial charge is 0.317 e. The van der Waals surface area contributed by atoms with Gasteiger partial charge in [-0.05, 0) is 38.8 Å². The lowest BCUT2D eigenvalue weighted by Gasteiger charge is -2.04. The molecule has 1 N–H and O–H groups in total. The molecule has 0 heterocycles. The highest BCUT2D eigenvalue weighted by atomic mass is 32.2. The van der Waals surface area contributed by atoms with Gasteiger partial charge in [-0.1, -0.05) is 0 Å². The zero-order chi connectivity index (χ0) is 24.6. The summed E-state index contributed by atoms with van der Waals surface area (Å²) in [6, 6.07) is 0. The predicted molar refractivity (Wildman–Crippen MR) is 115 cm³/mol. The van der Waals surface area contributed by atoms with Gasteiger partial charge in [0.25, 0.3) is 40.5 Å². The normalized spacial score (nSPS) is 12.9. The van der Waals surface area contributed by atoms with E-state index in [4.69, 9.17) is 0 Å². The van der Waals surface area contributed by atoms with Crippen LogP contribution in [-0.4, -0.2) is 98.2 Å². The van der Waals surface area contributed by atoms with Crippen molar-refractivity contribution in [2.24, 2.45) is 0 Å². The Morgan fingerprint density at radius 2 is 0.677 bits per heavy atom. The van der Waals surface area contributed by atoms with Gasteiger partial charge in [-0.25, -0.2) is 0 Å². The molecule has 0 saturated heterocycles. The highest BCUT2D eigenvalue weighted by Crippen LogP contribution is 1.97. The van der Waals surface area contributed by atoms with E-state index in [0.717, 1.165) is 25.0 Å². The molecule has 190 valence electrons. The summed E-state index contributed by atoms with van der Waals surface area (Å²) in [5.41, 5.74) is 0. The maximum Gasteiger partial charge on any atom is 0.264 e. The van der Waals surface area contributed by atoms with Crippen LogP contribution in [-0.2, 0) is 57.2 Å². The van der Waals surface area contributed by atoms with Crippen LogP contribution in [0.4, 0.5) is 0 Å². The van der Waals surface area contributed by atoms with Crippen LogP contribution in [0.5, 0.6) is 0 Å². The fraction of sp³-hybridized carbons (Fsp3) is 1.00. The minimum atomic E-state index is -3.40. The molecule has 17 heteroatoms. The van der Waals surface area contributed by atoms with Crippen molar-refractivity contribution in [3.63, 3.8) is 0 Å². The lowest BCUT2D eigenvalue weighted by Crippen LogP contribution is -2.20. The van der Waals surface area contributed by atoms with E-state index in [1.165, 1.54) is 0 Å². The lowest BCUT2D eigenvalue weighted by atomic mass is 10.3. The number of hydrogen-bond acceptors (Lipinski definition) is 13. The Morgan fingerprint density at radius 1 is 0.452 bits per heavy atom. The van der Waals surface area contributed by atoms with Gasteiger partial charge in [0.15, 0.2) is 0 Å². The van der Waals surface area contributed by atoms with Crippen molar-refractivity contribution >= 4 is 40.5 Å². The zero-order valence-corrected chi connectivity index (χ0v) is 21.4. The maximum atomic E-state index is 10.6. The molecular weight excluding hydrogens is 502 g/mol. The molecule has 0 atom stereocenters. The minimum Gasteiger partial charge on any atom is -0.317 e. The van der Waals surface area contributed by atoms with Crippen molar-refractivity contribution in [3.8, 4) is 0 Å². The summed E-state index contributed by atoms with van der Waals surface area (Å²) in [7, 11) is -13.5. The van der Waals surface area contributed by atoms with Crippen molar-refractivity contribution in [2.45, 2.75) is 25.7 Å². The second-order valence-corrected chi connectivity index (χ2v) is 12.8. The van der Waals surface area contributed by atoms with E-state index >= 15 is 0 Å². The Kier molecular flexibility index (Phi) is 17.2. The first-order chi connectivity index (χ1) is 13.9. The lowest BCUT2D eigenvalue weighted by molar-refractivity contribution is 0.273. The van der Waals surface area contributed by atoms with Crippen LogP contribution >= 0.6 is 0 Å². The van der Waals surface area contributed by atoms with E-state index in [2.05, 4.69) is 22.0 Å². The van der Waals surface area contributed by atoms with Gasteiger partial charge < -0.3 is 5.32 Å². The summed E-state index contributed by atoms with van der Waals surface area (Å²) in [4.78, 5) is 0. The predicted octanol–water partition coefficient (Wildman–Crippen LogP) is -0.972. The van der Waals surface area contributed by atoms with E-state index in [1.54, 1.807) is 0 Å². The molecule has 0 bridgehead atoms. The van der Waals surface area contributed by atoms with Gasteiger partial charge in [-0.2, -0.15) is 33.7 Å². The molecule has 0 aliphatic carbocycles. The van der Waals surface area contributed by atoms with Gasteiger partial charge in [0.2, 0.25) is 0 Å². The van der Waals surface area contributed by atoms with Crippen LogP contribution < -0.4 is 5.32 Å². The summed E-state index contributed by atoms with van der Waals surface area (Å²) in [6.07, 6.45) is 5.93. The van der Waals surface area contributed by atoms with Gasteiger partial charge in [-0.15, -0.1) is 0 Å². The monoisotopic (exact) mass is 535 g/mol. The quantitative estimate of drug-likeness (QED) is 0.177. The van der Waals surface area contributed by atoms with E-state index < -0.39 is 40.5 Å². The molecule has 0 amide bonds. The minimum absolute atomic E-state index is 0.0476. The molecule has 0 aliphatic rings. The Balaban J connectivity index is 0. The van der Waals surface area contributed by atoms with Crippen molar-refractivity contribution < 1.29 is 50.4 Å². The second kappa shape index (κ2) is 16.2. The molecule has 13 nitrogen and oxygen atoms in total. The van der Waals surface area contributed by atoms with Crippen molar-refractivity contribution in [3.05, 3.63) is 0 Å². The van der Waals surface area contributed by atoms with Crippen LogP contribution in [0.2, 0.25) is 0 Å². The van der Waals surface area contributed by atoms with E-state index in [0.29, 0.717) is 38.8 Å². The van der Waals surface area contributed by atoms with Crippen LogP contribution in [0, 0.1) is 0 Å². The van der Waals surface area contributed by atoms with Gasteiger partial charge in [-0.3, -0.25) is 16.7 Å². The summed E-state index contributed by atoms with van der Waals surface area (Å²) in [5, 5.41) is 3.01. The van der Waals surface area contributed by atoms with E-state index in [-0.39, 0.29) is 26.4 Å². The molecule has 0 aromatic heterocycles. The van der Waals surface area contributed by atoms with Crippen molar-refractivity contribution in [1.82, 2.24) is 5.32 Å². The highest BCUT2D eigenvalue weighted by molar-refractivity contribution is 7.86. The summed E-state index contributed by atoms with van der Waals surface area (Å²) < 4.78 is 102. The molecule has 0 unspecified atom stereocenters. The van der Waals surface area contributed by atoms with Crippen LogP contribution in [0.1, 0.15) is 25.7 Å². The van der Waals surface area contributed by atoms with Gasteiger partial charge in [0, 0.05) is 0 Å². The third-order valence-electron chi connectivity index (χ3n) is 2.72. The summed E-state index contributed by atoms with van der Waals surface area (Å²) >= 11 is 0. The Bertz CT molecular complexity index is 806. The highest BCUT2D eigenvalue weighted by Gasteiger charge is 2.03. The SMILES string of the molecule is CS(=O)(=O)OCCCCOS(C)(=O)=O.CS(=O)(=O)OCCCNCCCOS(C)(=O)=O. The number of nitrogens with one attached hydrogen (secondary N) is 1. The molecule has 0 spiro atoms. The topological polar surface area (TPSA) is 186 Å². The summed E-state index contributed by atoms with van der Waals surface area (Å²) in [6.45, 7) is 1.60. The molecule has 0 radical (unpaired) electrons. The molecule has 0 aromatic carbocycles. The first kappa shape index (κ1) is 32.8. The van der Waals surface area contributed by atoms with Crippen molar-refractivity contribution in [2.75, 3.05) is 64.5 Å². The zero-order valence-electron chi connectivity index (χ0n) is 18.1. The van der Waals surface area contributed by atoms with E-state index in [1.807, 2.05) is 0 Å². The molecule has 0 aliphatic heterocycles. The standard InChI is InChI=1S/C8H19NO6S2.C6H14O6S2/c1-16(10,11)14-7-3-5-9-6-4-8-15-17(2,12)13;1-13(7,8)11-5-3-4-6-12-14(2,9)10/h9H,3-8H2,1-2H3;3-6H2,1-2H3. The number of unbranched alkanes of at least 4 members (excludes halogenated alkanes) is 1. The van der Waals surface area contributed by atoms with Gasteiger partial charge >= 0.3 is 0 Å². The van der Waals surface area contributed by atoms with E-state index in [9.17, 15) is 33.7 Å². The molecule has 31 heavy (non-hydrogen) atoms. The number of rotatable bonds is 17. The van der Waals surface area contributed by atoms with Crippen molar-refractivity contribution in [1.29, 1.82) is 0 Å². The van der Waals surface area contributed by atoms with Crippen LogP contribution in [0.3, 0.4) is 0 Å². The second-order valence-electron chi connectivity index (χ2n) is 6.27. The Hall–Kier alpha value is -0.400. The Morgan fingerprint density at radius 3 is 0.903 bits per heavy atom. The van der Waals surface area contributed by atoms with Crippen LogP contribution in [0.15, 0.2) is 0 Å². The average molecular weight is 536 g/mol. The third-order valence-corrected chi connectivity index (χ3v) is 5.10.